The Balaban J connectivity index is 3.62. The zero-order chi connectivity index (χ0) is 8.85. The Labute approximate surface area is 63.4 Å². The number of esters is 1. The molecular formula is C6H9NO4. The summed E-state index contributed by atoms with van der Waals surface area (Å²) in [6.45, 7) is 2.79. The molecule has 1 unspecified atom stereocenters. The molecule has 0 bridgehead atoms. The van der Waals surface area contributed by atoms with Crippen molar-refractivity contribution in [1.82, 2.24) is 0 Å². The van der Waals surface area contributed by atoms with Gasteiger partial charge in [-0.2, -0.15) is 0 Å². The smallest absolute Gasteiger partial charge is 0.330 e. The molecule has 0 aliphatic rings. The van der Waals surface area contributed by atoms with E-state index in [2.05, 4.69) is 11.3 Å². The lowest BCUT2D eigenvalue weighted by Gasteiger charge is -2.04. The van der Waals surface area contributed by atoms with Gasteiger partial charge in [0.15, 0.2) is 0 Å². The summed E-state index contributed by atoms with van der Waals surface area (Å²) in [6, 6.07) is -1.17. The van der Waals surface area contributed by atoms with E-state index in [1.807, 2.05) is 0 Å². The van der Waals surface area contributed by atoms with Gasteiger partial charge in [0, 0.05) is 6.08 Å². The van der Waals surface area contributed by atoms with Crippen molar-refractivity contribution in [2.75, 3.05) is 6.61 Å². The van der Waals surface area contributed by atoms with E-state index in [4.69, 9.17) is 10.8 Å². The van der Waals surface area contributed by atoms with Crippen molar-refractivity contribution in [2.45, 2.75) is 6.04 Å². The van der Waals surface area contributed by atoms with Crippen LogP contribution in [0.15, 0.2) is 12.7 Å². The maximum atomic E-state index is 10.4. The highest BCUT2D eigenvalue weighted by Crippen LogP contribution is 1.83. The van der Waals surface area contributed by atoms with Gasteiger partial charge in [-0.1, -0.05) is 6.58 Å². The summed E-state index contributed by atoms with van der Waals surface area (Å²) in [7, 11) is 0. The minimum absolute atomic E-state index is 0.333. The van der Waals surface area contributed by atoms with Crippen LogP contribution in [0.3, 0.4) is 0 Å². The SMILES string of the molecule is C=CC(=O)OCC(N)C(=O)O. The Kier molecular flexibility index (Phi) is 3.90. The van der Waals surface area contributed by atoms with Crippen molar-refractivity contribution in [3.8, 4) is 0 Å². The van der Waals surface area contributed by atoms with Crippen molar-refractivity contribution < 1.29 is 19.4 Å². The number of carboxylic acid groups (broad SMARTS) is 1. The van der Waals surface area contributed by atoms with Gasteiger partial charge in [-0.05, 0) is 0 Å². The third-order valence-electron chi connectivity index (χ3n) is 0.889. The fraction of sp³-hybridized carbons (Fsp3) is 0.333. The monoisotopic (exact) mass is 159 g/mol. The number of aliphatic carboxylic acids is 1. The van der Waals surface area contributed by atoms with Crippen molar-refractivity contribution in [2.24, 2.45) is 5.73 Å². The molecule has 62 valence electrons. The number of ether oxygens (including phenoxy) is 1. The molecule has 5 nitrogen and oxygen atoms in total. The van der Waals surface area contributed by atoms with Crippen molar-refractivity contribution >= 4 is 11.9 Å². The molecule has 0 spiro atoms. The summed E-state index contributed by atoms with van der Waals surface area (Å²) in [5.41, 5.74) is 5.01. The molecule has 5 heteroatoms. The number of carboxylic acids is 1. The number of carbonyl (C=O) groups excluding carboxylic acids is 1. The largest absolute Gasteiger partial charge is 0.480 e. The second-order valence-corrected chi connectivity index (χ2v) is 1.78. The normalized spacial score (nSPS) is 11.7. The first-order chi connectivity index (χ1) is 5.07. The molecule has 0 saturated carbocycles. The van der Waals surface area contributed by atoms with Gasteiger partial charge in [0.25, 0.3) is 0 Å². The highest BCUT2D eigenvalue weighted by atomic mass is 16.5. The van der Waals surface area contributed by atoms with Crippen LogP contribution in [0.4, 0.5) is 0 Å². The van der Waals surface area contributed by atoms with Crippen molar-refractivity contribution in [1.29, 1.82) is 0 Å². The fourth-order valence-electron chi connectivity index (χ4n) is 0.302. The summed E-state index contributed by atoms with van der Waals surface area (Å²) < 4.78 is 4.35. The lowest BCUT2D eigenvalue weighted by Crippen LogP contribution is -2.35. The van der Waals surface area contributed by atoms with E-state index < -0.39 is 18.0 Å². The topological polar surface area (TPSA) is 89.6 Å². The maximum absolute atomic E-state index is 10.4. The van der Waals surface area contributed by atoms with Crippen LogP contribution >= 0.6 is 0 Å². The van der Waals surface area contributed by atoms with E-state index in [9.17, 15) is 9.59 Å². The first-order valence-electron chi connectivity index (χ1n) is 2.85. The third-order valence-corrected chi connectivity index (χ3v) is 0.889. The lowest BCUT2D eigenvalue weighted by molar-refractivity contribution is -0.144. The molecule has 0 aromatic carbocycles. The summed E-state index contributed by atoms with van der Waals surface area (Å²) in [5, 5.41) is 8.23. The van der Waals surface area contributed by atoms with Gasteiger partial charge in [-0.3, -0.25) is 4.79 Å². The van der Waals surface area contributed by atoms with Crippen LogP contribution in [-0.2, 0) is 14.3 Å². The van der Waals surface area contributed by atoms with Crippen LogP contribution in [0.25, 0.3) is 0 Å². The van der Waals surface area contributed by atoms with Crippen LogP contribution in [-0.4, -0.2) is 29.7 Å². The van der Waals surface area contributed by atoms with Gasteiger partial charge in [-0.25, -0.2) is 4.79 Å². The first kappa shape index (κ1) is 9.64. The Bertz CT molecular complexity index is 177. The minimum Gasteiger partial charge on any atom is -0.480 e. The summed E-state index contributed by atoms with van der Waals surface area (Å²) >= 11 is 0. The molecular weight excluding hydrogens is 150 g/mol. The van der Waals surface area contributed by atoms with E-state index in [0.29, 0.717) is 0 Å². The number of carbonyl (C=O) groups is 2. The Morgan fingerprint density at radius 3 is 2.64 bits per heavy atom. The molecule has 0 radical (unpaired) electrons. The van der Waals surface area contributed by atoms with Crippen LogP contribution in [0, 0.1) is 0 Å². The van der Waals surface area contributed by atoms with Crippen molar-refractivity contribution in [3.05, 3.63) is 12.7 Å². The molecule has 0 rings (SSSR count). The predicted octanol–water partition coefficient (Wildman–Crippen LogP) is -0.872. The molecule has 0 saturated heterocycles. The van der Waals surface area contributed by atoms with Gasteiger partial charge in [0.05, 0.1) is 0 Å². The standard InChI is InChI=1S/C6H9NO4/c1-2-5(8)11-3-4(7)6(9)10/h2,4H,1,3,7H2,(H,9,10). The second kappa shape index (κ2) is 4.45. The molecule has 0 aromatic rings. The van der Waals surface area contributed by atoms with Gasteiger partial charge >= 0.3 is 11.9 Å². The molecule has 0 amide bonds. The van der Waals surface area contributed by atoms with Crippen LogP contribution < -0.4 is 5.73 Å². The van der Waals surface area contributed by atoms with Crippen molar-refractivity contribution in [3.63, 3.8) is 0 Å². The highest BCUT2D eigenvalue weighted by molar-refractivity contribution is 5.81. The minimum atomic E-state index is -1.21. The van der Waals surface area contributed by atoms with Gasteiger partial charge in [0.2, 0.25) is 0 Å². The number of nitrogens with two attached hydrogens (primary N) is 1. The third kappa shape index (κ3) is 4.10. The van der Waals surface area contributed by atoms with Crippen LogP contribution in [0.2, 0.25) is 0 Å². The van der Waals surface area contributed by atoms with E-state index in [0.717, 1.165) is 6.08 Å². The molecule has 0 aliphatic heterocycles. The average molecular weight is 159 g/mol. The molecule has 1 atom stereocenters. The van der Waals surface area contributed by atoms with E-state index in [-0.39, 0.29) is 6.61 Å². The second-order valence-electron chi connectivity index (χ2n) is 1.78. The molecule has 0 heterocycles. The molecule has 3 N–H and O–H groups in total. The predicted molar refractivity (Wildman–Crippen MR) is 36.8 cm³/mol. The average Bonchev–Trinajstić information content (AvgIpc) is 1.99. The summed E-state index contributed by atoms with van der Waals surface area (Å²) in [6.07, 6.45) is 0.939. The lowest BCUT2D eigenvalue weighted by atomic mass is 10.3. The fourth-order valence-corrected chi connectivity index (χ4v) is 0.302. The molecule has 0 fully saturated rings. The molecule has 0 aromatic heterocycles. The maximum Gasteiger partial charge on any atom is 0.330 e. The van der Waals surface area contributed by atoms with E-state index >= 15 is 0 Å². The first-order valence-corrected chi connectivity index (χ1v) is 2.85. The number of rotatable bonds is 4. The van der Waals surface area contributed by atoms with Gasteiger partial charge < -0.3 is 15.6 Å². The van der Waals surface area contributed by atoms with Crippen LogP contribution in [0.1, 0.15) is 0 Å². The Morgan fingerprint density at radius 2 is 2.27 bits per heavy atom. The quantitative estimate of drug-likeness (QED) is 0.411. The highest BCUT2D eigenvalue weighted by Gasteiger charge is 2.12. The zero-order valence-corrected chi connectivity index (χ0v) is 5.82. The van der Waals surface area contributed by atoms with E-state index in [1.54, 1.807) is 0 Å². The van der Waals surface area contributed by atoms with Crippen LogP contribution in [0.5, 0.6) is 0 Å². The summed E-state index contributed by atoms with van der Waals surface area (Å²) in [5.74, 6) is -1.89. The summed E-state index contributed by atoms with van der Waals surface area (Å²) in [4.78, 5) is 20.4. The Hall–Kier alpha value is -1.36. The Morgan fingerprint density at radius 1 is 1.73 bits per heavy atom. The number of hydrogen-bond donors (Lipinski definition) is 2. The number of hydrogen-bond acceptors (Lipinski definition) is 4. The van der Waals surface area contributed by atoms with Gasteiger partial charge in [-0.15, -0.1) is 0 Å². The van der Waals surface area contributed by atoms with E-state index in [1.165, 1.54) is 0 Å². The van der Waals surface area contributed by atoms with Gasteiger partial charge in [0.1, 0.15) is 12.6 Å². The molecule has 11 heavy (non-hydrogen) atoms. The zero-order valence-electron chi connectivity index (χ0n) is 5.82. The molecule has 0 aliphatic carbocycles.